The molecule has 0 aliphatic carbocycles. The van der Waals surface area contributed by atoms with Crippen LogP contribution < -0.4 is 0 Å². The molecular weight excluding hydrogens is 208 g/mol. The van der Waals surface area contributed by atoms with E-state index in [-0.39, 0.29) is 12.3 Å². The van der Waals surface area contributed by atoms with Gasteiger partial charge in [0.2, 0.25) is 5.39 Å². The van der Waals surface area contributed by atoms with Crippen molar-refractivity contribution >= 4 is 0 Å². The maximum atomic E-state index is 9.83. The molecule has 84 valence electrons. The van der Waals surface area contributed by atoms with Crippen LogP contribution >= 0.6 is 0 Å². The molecule has 0 aliphatic rings. The second kappa shape index (κ2) is 5.73. The van der Waals surface area contributed by atoms with Crippen LogP contribution in [0, 0.1) is 5.39 Å². The molecule has 1 aromatic rings. The number of aliphatic hydroxyl groups excluding tert-OH is 2. The lowest BCUT2D eigenvalue weighted by molar-refractivity contribution is 0.0874. The smallest absolute Gasteiger partial charge is 0.472 e. The Morgan fingerprint density at radius 2 is 2.06 bits per heavy atom. The zero-order valence-corrected chi connectivity index (χ0v) is 8.87. The minimum Gasteiger partial charge on any atom is -0.475 e. The predicted molar refractivity (Wildman–Crippen MR) is 57.8 cm³/mol. The fourth-order valence-corrected chi connectivity index (χ4v) is 1.22. The van der Waals surface area contributed by atoms with Crippen LogP contribution in [0.2, 0.25) is 0 Å². The maximum absolute atomic E-state index is 9.83. The fraction of sp³-hybridized carbons (Fsp3) is 0.273. The summed E-state index contributed by atoms with van der Waals surface area (Å²) in [6.45, 7) is 1.88. The third-order valence-electron chi connectivity index (χ3n) is 1.98. The molecule has 0 spiro atoms. The SMILES string of the molecule is CCO/C(O)=C(\[N+]#N)[C@H](O)c1ccccc1. The van der Waals surface area contributed by atoms with Crippen molar-refractivity contribution in [2.45, 2.75) is 13.0 Å². The molecule has 0 amide bonds. The van der Waals surface area contributed by atoms with Crippen molar-refractivity contribution in [3.8, 4) is 0 Å². The second-order valence-electron chi connectivity index (χ2n) is 3.04. The Kier molecular flexibility index (Phi) is 4.30. The lowest BCUT2D eigenvalue weighted by atomic mass is 10.1. The summed E-state index contributed by atoms with van der Waals surface area (Å²) in [5.74, 6) is -0.582. The standard InChI is InChI=1S/C11H12N2O3/c1-2-16-11(15)9(13-12)10(14)8-6-4-3-5-7-8/h3-7,10,14H,2H2,1H3/p+1/b11-9-/t10-/m1/s1. The summed E-state index contributed by atoms with van der Waals surface area (Å²) in [5.41, 5.74) is 0.189. The Morgan fingerprint density at radius 3 is 2.56 bits per heavy atom. The van der Waals surface area contributed by atoms with Crippen LogP contribution in [0.4, 0.5) is 0 Å². The Morgan fingerprint density at radius 1 is 1.44 bits per heavy atom. The lowest BCUT2D eigenvalue weighted by Crippen LogP contribution is -2.04. The molecule has 1 atom stereocenters. The van der Waals surface area contributed by atoms with E-state index in [2.05, 4.69) is 4.98 Å². The first-order chi connectivity index (χ1) is 7.70. The molecule has 0 aliphatic heterocycles. The van der Waals surface area contributed by atoms with E-state index in [1.54, 1.807) is 37.3 Å². The monoisotopic (exact) mass is 221 g/mol. The third kappa shape index (κ3) is 2.72. The number of nitrogens with zero attached hydrogens (tertiary/aromatic N) is 2. The van der Waals surface area contributed by atoms with Crippen LogP contribution in [0.15, 0.2) is 42.0 Å². The van der Waals surface area contributed by atoms with E-state index in [0.29, 0.717) is 5.56 Å². The molecule has 1 aromatic carbocycles. The first-order valence-electron chi connectivity index (χ1n) is 4.84. The highest BCUT2D eigenvalue weighted by Gasteiger charge is 2.31. The van der Waals surface area contributed by atoms with Crippen molar-refractivity contribution in [3.05, 3.63) is 52.5 Å². The largest absolute Gasteiger partial charge is 0.475 e. The highest BCUT2D eigenvalue weighted by Crippen LogP contribution is 2.24. The Hall–Kier alpha value is -2.06. The van der Waals surface area contributed by atoms with Crippen molar-refractivity contribution in [3.63, 3.8) is 0 Å². The molecule has 0 aromatic heterocycles. The molecule has 0 saturated carbocycles. The van der Waals surface area contributed by atoms with Gasteiger partial charge in [-0.1, -0.05) is 30.3 Å². The van der Waals surface area contributed by atoms with E-state index in [4.69, 9.17) is 10.1 Å². The summed E-state index contributed by atoms with van der Waals surface area (Å²) >= 11 is 0. The number of ether oxygens (including phenoxy) is 1. The number of aliphatic hydroxyl groups is 2. The highest BCUT2D eigenvalue weighted by atomic mass is 16.6. The average molecular weight is 221 g/mol. The van der Waals surface area contributed by atoms with Crippen molar-refractivity contribution < 1.29 is 14.9 Å². The number of benzene rings is 1. The van der Waals surface area contributed by atoms with Gasteiger partial charge in [0.05, 0.1) is 6.61 Å². The van der Waals surface area contributed by atoms with Gasteiger partial charge < -0.3 is 14.9 Å². The van der Waals surface area contributed by atoms with Gasteiger partial charge in [-0.3, -0.25) is 0 Å². The quantitative estimate of drug-likeness (QED) is 0.604. The highest BCUT2D eigenvalue weighted by molar-refractivity contribution is 5.28. The van der Waals surface area contributed by atoms with Gasteiger partial charge in [0.15, 0.2) is 11.1 Å². The molecule has 5 nitrogen and oxygen atoms in total. The van der Waals surface area contributed by atoms with Crippen molar-refractivity contribution in [2.75, 3.05) is 6.61 Å². The van der Waals surface area contributed by atoms with Crippen LogP contribution in [0.25, 0.3) is 4.98 Å². The van der Waals surface area contributed by atoms with E-state index >= 15 is 0 Å². The predicted octanol–water partition coefficient (Wildman–Crippen LogP) is 2.34. The lowest BCUT2D eigenvalue weighted by Gasteiger charge is -2.04. The number of hydrogen-bond donors (Lipinski definition) is 2. The fourth-order valence-electron chi connectivity index (χ4n) is 1.22. The molecular formula is C11H13N2O3+. The summed E-state index contributed by atoms with van der Waals surface area (Å²) in [5, 5.41) is 27.9. The van der Waals surface area contributed by atoms with E-state index in [9.17, 15) is 10.2 Å². The van der Waals surface area contributed by atoms with Gasteiger partial charge in [0.1, 0.15) is 0 Å². The number of rotatable bonds is 4. The topological polar surface area (TPSA) is 77.8 Å². The van der Waals surface area contributed by atoms with Crippen LogP contribution in [0.1, 0.15) is 18.6 Å². The molecule has 0 unspecified atom stereocenters. The minimum absolute atomic E-state index is 0.215. The van der Waals surface area contributed by atoms with Gasteiger partial charge in [0, 0.05) is 0 Å². The van der Waals surface area contributed by atoms with Crippen LogP contribution in [-0.4, -0.2) is 16.8 Å². The zero-order valence-electron chi connectivity index (χ0n) is 8.87. The van der Waals surface area contributed by atoms with Crippen molar-refractivity contribution in [2.24, 2.45) is 0 Å². The zero-order chi connectivity index (χ0) is 12.0. The van der Waals surface area contributed by atoms with E-state index in [1.807, 2.05) is 0 Å². The molecule has 2 N–H and O–H groups in total. The van der Waals surface area contributed by atoms with Crippen molar-refractivity contribution in [1.82, 2.24) is 0 Å². The summed E-state index contributed by atoms with van der Waals surface area (Å²) in [4.78, 5) is 2.84. The molecule has 0 heterocycles. The summed E-state index contributed by atoms with van der Waals surface area (Å²) in [6.07, 6.45) is -1.22. The first kappa shape index (κ1) is 12.0. The van der Waals surface area contributed by atoms with E-state index < -0.39 is 12.0 Å². The Balaban J connectivity index is 3.00. The first-order valence-corrected chi connectivity index (χ1v) is 4.84. The van der Waals surface area contributed by atoms with Crippen LogP contribution in [0.3, 0.4) is 0 Å². The van der Waals surface area contributed by atoms with Gasteiger partial charge in [0.25, 0.3) is 0 Å². The summed E-state index contributed by atoms with van der Waals surface area (Å²) in [7, 11) is 0. The molecule has 0 saturated heterocycles. The van der Waals surface area contributed by atoms with Gasteiger partial charge in [-0.2, -0.15) is 0 Å². The normalized spacial score (nSPS) is 13.6. The van der Waals surface area contributed by atoms with Crippen molar-refractivity contribution in [1.29, 1.82) is 5.39 Å². The minimum atomic E-state index is -1.22. The average Bonchev–Trinajstić information content (AvgIpc) is 2.31. The van der Waals surface area contributed by atoms with Crippen LogP contribution in [0.5, 0.6) is 0 Å². The second-order valence-corrected chi connectivity index (χ2v) is 3.04. The number of diazo groups is 1. The molecule has 0 bridgehead atoms. The third-order valence-corrected chi connectivity index (χ3v) is 1.98. The van der Waals surface area contributed by atoms with Gasteiger partial charge in [-0.15, -0.1) is 0 Å². The molecule has 0 radical (unpaired) electrons. The Bertz CT molecular complexity index is 409. The molecule has 0 fully saturated rings. The summed E-state index contributed by atoms with van der Waals surface area (Å²) in [6, 6.07) is 8.54. The van der Waals surface area contributed by atoms with E-state index in [1.165, 1.54) is 0 Å². The molecule has 16 heavy (non-hydrogen) atoms. The van der Waals surface area contributed by atoms with Gasteiger partial charge in [-0.05, 0) is 12.5 Å². The van der Waals surface area contributed by atoms with Gasteiger partial charge >= 0.3 is 11.6 Å². The maximum Gasteiger partial charge on any atom is 0.472 e. The van der Waals surface area contributed by atoms with E-state index in [0.717, 1.165) is 0 Å². The van der Waals surface area contributed by atoms with Crippen LogP contribution in [-0.2, 0) is 4.74 Å². The Labute approximate surface area is 93.2 Å². The number of hydrogen-bond acceptors (Lipinski definition) is 4. The molecule has 5 heteroatoms. The summed E-state index contributed by atoms with van der Waals surface area (Å²) < 4.78 is 4.76. The molecule has 1 rings (SSSR count). The van der Waals surface area contributed by atoms with Gasteiger partial charge in [-0.25, -0.2) is 0 Å².